The van der Waals surface area contributed by atoms with Gasteiger partial charge in [-0.3, -0.25) is 0 Å². The highest BCUT2D eigenvalue weighted by molar-refractivity contribution is 6.32. The molecule has 0 aliphatic carbocycles. The number of carbonyl (C=O) groups is 1. The molecule has 1 N–H and O–H groups in total. The van der Waals surface area contributed by atoms with Crippen molar-refractivity contribution in [3.63, 3.8) is 0 Å². The minimum absolute atomic E-state index is 0.111. The summed E-state index contributed by atoms with van der Waals surface area (Å²) in [6.45, 7) is 1.83. The minimum Gasteiger partial charge on any atom is -0.478 e. The van der Waals surface area contributed by atoms with Crippen molar-refractivity contribution in [2.45, 2.75) is 6.92 Å². The van der Waals surface area contributed by atoms with Gasteiger partial charge in [-0.05, 0) is 30.2 Å². The summed E-state index contributed by atoms with van der Waals surface area (Å²) in [7, 11) is 0. The van der Waals surface area contributed by atoms with Gasteiger partial charge in [0.1, 0.15) is 5.15 Å². The first-order chi connectivity index (χ1) is 8.50. The predicted octanol–water partition coefficient (Wildman–Crippen LogP) is 4.06. The lowest BCUT2D eigenvalue weighted by atomic mass is 9.98. The van der Waals surface area contributed by atoms with E-state index >= 15 is 0 Å². The van der Waals surface area contributed by atoms with E-state index < -0.39 is 5.97 Å². The van der Waals surface area contributed by atoms with Crippen LogP contribution >= 0.6 is 23.2 Å². The van der Waals surface area contributed by atoms with Crippen LogP contribution in [-0.4, -0.2) is 16.1 Å². The molecular weight excluding hydrogens is 273 g/mol. The molecule has 0 saturated heterocycles. The van der Waals surface area contributed by atoms with Crippen LogP contribution in [0.2, 0.25) is 10.2 Å². The normalized spacial score (nSPS) is 10.4. The molecule has 0 amide bonds. The van der Waals surface area contributed by atoms with Gasteiger partial charge >= 0.3 is 5.97 Å². The van der Waals surface area contributed by atoms with Gasteiger partial charge in [0, 0.05) is 16.8 Å². The predicted molar refractivity (Wildman–Crippen MR) is 71.4 cm³/mol. The third-order valence-electron chi connectivity index (χ3n) is 2.66. The first-order valence-corrected chi connectivity index (χ1v) is 5.90. The van der Waals surface area contributed by atoms with E-state index in [0.29, 0.717) is 10.6 Å². The number of aromatic nitrogens is 1. The monoisotopic (exact) mass is 281 g/mol. The van der Waals surface area contributed by atoms with Gasteiger partial charge in [-0.25, -0.2) is 9.78 Å². The quantitative estimate of drug-likeness (QED) is 0.845. The molecule has 0 atom stereocenters. The second-order valence-electron chi connectivity index (χ2n) is 3.77. The molecule has 0 bridgehead atoms. The van der Waals surface area contributed by atoms with Gasteiger partial charge in [-0.15, -0.1) is 0 Å². The van der Waals surface area contributed by atoms with Crippen LogP contribution in [0.4, 0.5) is 0 Å². The number of hydrogen-bond donors (Lipinski definition) is 1. The van der Waals surface area contributed by atoms with Crippen molar-refractivity contribution in [1.29, 1.82) is 0 Å². The van der Waals surface area contributed by atoms with Gasteiger partial charge in [0.15, 0.2) is 0 Å². The number of benzene rings is 1. The number of carboxylic acids is 1. The number of rotatable bonds is 2. The van der Waals surface area contributed by atoms with Crippen LogP contribution in [0.15, 0.2) is 30.5 Å². The maximum Gasteiger partial charge on any atom is 0.336 e. The van der Waals surface area contributed by atoms with E-state index in [1.54, 1.807) is 18.2 Å². The summed E-state index contributed by atoms with van der Waals surface area (Å²) in [5, 5.41) is 9.92. The van der Waals surface area contributed by atoms with Crippen molar-refractivity contribution in [1.82, 2.24) is 4.98 Å². The zero-order valence-electron chi connectivity index (χ0n) is 9.45. The number of hydrogen-bond acceptors (Lipinski definition) is 2. The molecule has 2 aromatic rings. The van der Waals surface area contributed by atoms with E-state index in [1.807, 2.05) is 6.92 Å². The zero-order valence-corrected chi connectivity index (χ0v) is 11.0. The maximum absolute atomic E-state index is 11.2. The molecule has 2 rings (SSSR count). The van der Waals surface area contributed by atoms with Gasteiger partial charge in [0.05, 0.1) is 5.56 Å². The van der Waals surface area contributed by atoms with E-state index in [9.17, 15) is 9.90 Å². The highest BCUT2D eigenvalue weighted by Crippen LogP contribution is 2.31. The van der Waals surface area contributed by atoms with Gasteiger partial charge in [0.2, 0.25) is 0 Å². The Labute approximate surface area is 114 Å². The van der Waals surface area contributed by atoms with Crippen LogP contribution in [0.3, 0.4) is 0 Å². The molecular formula is C13H9Cl2NO2. The fourth-order valence-electron chi connectivity index (χ4n) is 1.72. The number of carboxylic acid groups (broad SMARTS) is 1. The van der Waals surface area contributed by atoms with Crippen molar-refractivity contribution in [3.8, 4) is 11.1 Å². The average Bonchev–Trinajstić information content (AvgIpc) is 2.33. The second-order valence-corrected chi connectivity index (χ2v) is 4.56. The van der Waals surface area contributed by atoms with Gasteiger partial charge in [-0.1, -0.05) is 35.3 Å². The summed E-state index contributed by atoms with van der Waals surface area (Å²) < 4.78 is 0. The Kier molecular flexibility index (Phi) is 3.55. The topological polar surface area (TPSA) is 50.2 Å². The van der Waals surface area contributed by atoms with Crippen LogP contribution in [0.1, 0.15) is 15.9 Å². The van der Waals surface area contributed by atoms with E-state index in [1.165, 1.54) is 12.3 Å². The molecule has 5 heteroatoms. The molecule has 0 spiro atoms. The Bertz CT molecular complexity index is 626. The van der Waals surface area contributed by atoms with E-state index in [0.717, 1.165) is 11.1 Å². The van der Waals surface area contributed by atoms with Crippen LogP contribution < -0.4 is 0 Å². The van der Waals surface area contributed by atoms with Crippen molar-refractivity contribution in [2.24, 2.45) is 0 Å². The molecule has 0 aliphatic rings. The Morgan fingerprint density at radius 1 is 1.28 bits per heavy atom. The van der Waals surface area contributed by atoms with Crippen molar-refractivity contribution in [3.05, 3.63) is 51.8 Å². The van der Waals surface area contributed by atoms with Crippen molar-refractivity contribution < 1.29 is 9.90 Å². The molecule has 0 radical (unpaired) electrons. The van der Waals surface area contributed by atoms with Crippen LogP contribution in [0.5, 0.6) is 0 Å². The Hall–Kier alpha value is -1.58. The maximum atomic E-state index is 11.2. The van der Waals surface area contributed by atoms with Gasteiger partial charge in [-0.2, -0.15) is 0 Å². The fourth-order valence-corrected chi connectivity index (χ4v) is 2.05. The smallest absolute Gasteiger partial charge is 0.336 e. The van der Waals surface area contributed by atoms with Crippen LogP contribution in [-0.2, 0) is 0 Å². The zero-order chi connectivity index (χ0) is 13.3. The molecule has 18 heavy (non-hydrogen) atoms. The third-order valence-corrected chi connectivity index (χ3v) is 3.28. The first kappa shape index (κ1) is 12.9. The fraction of sp³-hybridized carbons (Fsp3) is 0.0769. The molecule has 0 fully saturated rings. The number of pyridine rings is 1. The van der Waals surface area contributed by atoms with Gasteiger partial charge < -0.3 is 5.11 Å². The minimum atomic E-state index is -1.05. The van der Waals surface area contributed by atoms with Crippen molar-refractivity contribution >= 4 is 29.2 Å². The molecule has 1 heterocycles. The molecule has 0 aliphatic heterocycles. The highest BCUT2D eigenvalue weighted by Gasteiger charge is 2.15. The lowest BCUT2D eigenvalue weighted by Crippen LogP contribution is -2.01. The van der Waals surface area contributed by atoms with E-state index in [4.69, 9.17) is 23.2 Å². The number of nitrogens with zero attached hydrogens (tertiary/aromatic N) is 1. The molecule has 0 saturated carbocycles. The second kappa shape index (κ2) is 4.96. The third kappa shape index (κ3) is 2.33. The summed E-state index contributed by atoms with van der Waals surface area (Å²) >= 11 is 11.8. The Morgan fingerprint density at radius 2 is 2.00 bits per heavy atom. The molecule has 1 aromatic carbocycles. The largest absolute Gasteiger partial charge is 0.478 e. The Morgan fingerprint density at radius 3 is 2.67 bits per heavy atom. The SMILES string of the molecule is Cc1c(Cl)cccc1-c1cnc(Cl)cc1C(=O)O. The summed E-state index contributed by atoms with van der Waals surface area (Å²) in [5.74, 6) is -1.05. The summed E-state index contributed by atoms with van der Waals surface area (Å²) in [5.41, 5.74) is 2.17. The summed E-state index contributed by atoms with van der Waals surface area (Å²) in [6, 6.07) is 6.66. The highest BCUT2D eigenvalue weighted by atomic mass is 35.5. The van der Waals surface area contributed by atoms with Crippen molar-refractivity contribution in [2.75, 3.05) is 0 Å². The number of halogens is 2. The summed E-state index contributed by atoms with van der Waals surface area (Å²) in [4.78, 5) is 15.2. The average molecular weight is 282 g/mol. The molecule has 1 aromatic heterocycles. The van der Waals surface area contributed by atoms with E-state index in [-0.39, 0.29) is 10.7 Å². The van der Waals surface area contributed by atoms with Gasteiger partial charge in [0.25, 0.3) is 0 Å². The lowest BCUT2D eigenvalue weighted by molar-refractivity contribution is 0.0697. The molecule has 0 unspecified atom stereocenters. The molecule has 92 valence electrons. The van der Waals surface area contributed by atoms with E-state index in [2.05, 4.69) is 4.98 Å². The van der Waals surface area contributed by atoms with Crippen LogP contribution in [0.25, 0.3) is 11.1 Å². The first-order valence-electron chi connectivity index (χ1n) is 5.15. The summed E-state index contributed by atoms with van der Waals surface area (Å²) in [6.07, 6.45) is 1.45. The Balaban J connectivity index is 2.71. The molecule has 3 nitrogen and oxygen atoms in total. The lowest BCUT2D eigenvalue weighted by Gasteiger charge is -2.10. The standard InChI is InChI=1S/C13H9Cl2NO2/c1-7-8(3-2-4-11(7)14)10-6-16-12(15)5-9(10)13(17)18/h2-6H,1H3,(H,17,18). The van der Waals surface area contributed by atoms with Crippen LogP contribution in [0, 0.1) is 6.92 Å². The number of aromatic carboxylic acids is 1.